The number of nitrogens with one attached hydrogen (secondary N) is 2. The quantitative estimate of drug-likeness (QED) is 0.562. The van der Waals surface area contributed by atoms with Gasteiger partial charge in [-0.15, -0.1) is 11.3 Å². The van der Waals surface area contributed by atoms with Crippen LogP contribution < -0.4 is 5.32 Å². The van der Waals surface area contributed by atoms with E-state index in [2.05, 4.69) is 43.8 Å². The van der Waals surface area contributed by atoms with Gasteiger partial charge in [-0.2, -0.15) is 0 Å². The molecule has 0 aliphatic carbocycles. The fourth-order valence-corrected chi connectivity index (χ4v) is 3.65. The van der Waals surface area contributed by atoms with Gasteiger partial charge in [-0.1, -0.05) is 30.3 Å². The molecule has 0 spiro atoms. The van der Waals surface area contributed by atoms with E-state index < -0.39 is 0 Å². The number of fused-ring (bicyclic) bond motifs is 1. The van der Waals surface area contributed by atoms with Crippen LogP contribution in [0.15, 0.2) is 41.8 Å². The van der Waals surface area contributed by atoms with Gasteiger partial charge in [0.25, 0.3) is 0 Å². The molecule has 4 aromatic rings. The van der Waals surface area contributed by atoms with Crippen LogP contribution in [0, 0.1) is 13.8 Å². The number of aromatic nitrogens is 4. The van der Waals surface area contributed by atoms with Crippen LogP contribution in [0.1, 0.15) is 16.5 Å². The molecule has 3 aromatic heterocycles. The van der Waals surface area contributed by atoms with Crippen molar-refractivity contribution < 1.29 is 0 Å². The summed E-state index contributed by atoms with van der Waals surface area (Å²) in [6.45, 7) is 4.73. The summed E-state index contributed by atoms with van der Waals surface area (Å²) in [7, 11) is 0. The molecule has 5 nitrogen and oxygen atoms in total. The average Bonchev–Trinajstić information content (AvgIpc) is 3.21. The molecule has 0 aliphatic rings. The van der Waals surface area contributed by atoms with Crippen LogP contribution in [-0.4, -0.2) is 26.5 Å². The summed E-state index contributed by atoms with van der Waals surface area (Å²) in [5, 5.41) is 7.71. The van der Waals surface area contributed by atoms with Gasteiger partial charge in [0, 0.05) is 29.6 Å². The first-order valence-corrected chi connectivity index (χ1v) is 9.14. The summed E-state index contributed by atoms with van der Waals surface area (Å²) < 4.78 is 0. The zero-order valence-electron chi connectivity index (χ0n) is 14.2. The first kappa shape index (κ1) is 15.8. The van der Waals surface area contributed by atoms with Gasteiger partial charge in [0.05, 0.1) is 16.1 Å². The van der Waals surface area contributed by atoms with Crippen molar-refractivity contribution in [2.24, 2.45) is 0 Å². The Bertz CT molecular complexity index is 1000. The van der Waals surface area contributed by atoms with Crippen molar-refractivity contribution >= 4 is 28.2 Å². The maximum absolute atomic E-state index is 4.74. The molecular weight excluding hydrogens is 330 g/mol. The minimum Gasteiger partial charge on any atom is -0.369 e. The third kappa shape index (κ3) is 3.39. The van der Waals surface area contributed by atoms with E-state index in [-0.39, 0.29) is 0 Å². The van der Waals surface area contributed by atoms with Gasteiger partial charge in [0.15, 0.2) is 0 Å². The molecule has 0 bridgehead atoms. The Morgan fingerprint density at radius 3 is 2.76 bits per heavy atom. The lowest BCUT2D eigenvalue weighted by molar-refractivity contribution is 0.979. The Hall–Kier alpha value is -2.73. The number of aromatic amines is 1. The molecule has 2 N–H and O–H groups in total. The molecule has 4 rings (SSSR count). The van der Waals surface area contributed by atoms with E-state index >= 15 is 0 Å². The molecule has 25 heavy (non-hydrogen) atoms. The maximum Gasteiger partial charge on any atom is 0.143 e. The Balaban J connectivity index is 1.46. The predicted molar refractivity (Wildman–Crippen MR) is 103 cm³/mol. The number of H-pyrrole nitrogens is 1. The molecule has 0 atom stereocenters. The number of rotatable bonds is 5. The van der Waals surface area contributed by atoms with Crippen LogP contribution in [0.25, 0.3) is 22.3 Å². The smallest absolute Gasteiger partial charge is 0.143 e. The number of nitrogens with zero attached hydrogens (tertiary/aromatic N) is 3. The highest BCUT2D eigenvalue weighted by Crippen LogP contribution is 2.23. The lowest BCUT2D eigenvalue weighted by Gasteiger charge is -2.06. The summed E-state index contributed by atoms with van der Waals surface area (Å²) in [5.41, 5.74) is 4.18. The molecule has 126 valence electrons. The highest BCUT2D eigenvalue weighted by molar-refractivity contribution is 7.09. The Kier molecular flexibility index (Phi) is 4.19. The van der Waals surface area contributed by atoms with Crippen LogP contribution >= 0.6 is 11.3 Å². The zero-order chi connectivity index (χ0) is 17.2. The van der Waals surface area contributed by atoms with Gasteiger partial charge in [-0.05, 0) is 19.9 Å². The van der Waals surface area contributed by atoms with Crippen molar-refractivity contribution in [2.75, 3.05) is 11.9 Å². The Morgan fingerprint density at radius 1 is 1.08 bits per heavy atom. The monoisotopic (exact) mass is 349 g/mol. The van der Waals surface area contributed by atoms with Crippen LogP contribution in [0.2, 0.25) is 0 Å². The molecule has 0 saturated heterocycles. The number of thiazole rings is 1. The maximum atomic E-state index is 4.74. The van der Waals surface area contributed by atoms with Gasteiger partial charge >= 0.3 is 0 Å². The lowest BCUT2D eigenvalue weighted by Crippen LogP contribution is -2.07. The summed E-state index contributed by atoms with van der Waals surface area (Å²) in [6.07, 6.45) is 0.867. The molecule has 1 aromatic carbocycles. The highest BCUT2D eigenvalue weighted by atomic mass is 32.1. The Labute approximate surface area is 150 Å². The first-order valence-electron chi connectivity index (χ1n) is 8.27. The first-order chi connectivity index (χ1) is 12.2. The minimum atomic E-state index is 0.762. The average molecular weight is 349 g/mol. The fraction of sp³-hybridized carbons (Fsp3) is 0.211. The van der Waals surface area contributed by atoms with Crippen LogP contribution in [-0.2, 0) is 6.42 Å². The molecule has 0 unspecified atom stereocenters. The number of anilines is 1. The second kappa shape index (κ2) is 6.64. The van der Waals surface area contributed by atoms with E-state index in [4.69, 9.17) is 4.98 Å². The predicted octanol–water partition coefficient (Wildman–Crippen LogP) is 4.35. The van der Waals surface area contributed by atoms with Gasteiger partial charge in [-0.3, -0.25) is 0 Å². The number of hydrogen-bond acceptors (Lipinski definition) is 5. The van der Waals surface area contributed by atoms with E-state index in [0.717, 1.165) is 57.6 Å². The molecular formula is C19H19N5S. The molecule has 0 amide bonds. The van der Waals surface area contributed by atoms with Crippen molar-refractivity contribution in [1.29, 1.82) is 0 Å². The summed E-state index contributed by atoms with van der Waals surface area (Å²) in [6, 6.07) is 12.4. The number of aryl methyl sites for hydroxylation is 2. The SMILES string of the molecule is Cc1nc(NCCc2nc(-c3ccccc3)cs2)c2cc(C)[nH]c2n1. The zero-order valence-corrected chi connectivity index (χ0v) is 15.0. The third-order valence-electron chi connectivity index (χ3n) is 3.99. The Morgan fingerprint density at radius 2 is 1.92 bits per heavy atom. The van der Waals surface area contributed by atoms with Crippen LogP contribution in [0.5, 0.6) is 0 Å². The molecule has 0 fully saturated rings. The van der Waals surface area contributed by atoms with Gasteiger partial charge in [-0.25, -0.2) is 15.0 Å². The fourth-order valence-electron chi connectivity index (χ4n) is 2.84. The standard InChI is InChI=1S/C19H19N5S/c1-12-10-15-18(22-13(2)23-19(15)21-12)20-9-8-17-24-16(11-25-17)14-6-4-3-5-7-14/h3-7,10-11H,8-9H2,1-2H3,(H2,20,21,22,23). The topological polar surface area (TPSA) is 66.5 Å². The summed E-state index contributed by atoms with van der Waals surface area (Å²) in [4.78, 5) is 17.0. The van der Waals surface area contributed by atoms with E-state index in [9.17, 15) is 0 Å². The normalized spacial score (nSPS) is 11.1. The highest BCUT2D eigenvalue weighted by Gasteiger charge is 2.09. The van der Waals surface area contributed by atoms with Crippen molar-refractivity contribution in [3.63, 3.8) is 0 Å². The second-order valence-corrected chi connectivity index (χ2v) is 6.95. The molecule has 3 heterocycles. The number of hydrogen-bond donors (Lipinski definition) is 2. The van der Waals surface area contributed by atoms with E-state index in [1.54, 1.807) is 11.3 Å². The second-order valence-electron chi connectivity index (χ2n) is 6.00. The van der Waals surface area contributed by atoms with Crippen molar-refractivity contribution in [1.82, 2.24) is 19.9 Å². The third-order valence-corrected chi connectivity index (χ3v) is 4.90. The van der Waals surface area contributed by atoms with E-state index in [1.165, 1.54) is 0 Å². The van der Waals surface area contributed by atoms with E-state index in [1.807, 2.05) is 32.0 Å². The van der Waals surface area contributed by atoms with Crippen LogP contribution in [0.4, 0.5) is 5.82 Å². The van der Waals surface area contributed by atoms with Gasteiger partial charge in [0.2, 0.25) is 0 Å². The van der Waals surface area contributed by atoms with Crippen LogP contribution in [0.3, 0.4) is 0 Å². The van der Waals surface area contributed by atoms with Crippen molar-refractivity contribution in [3.05, 3.63) is 58.3 Å². The molecule has 0 aliphatic heterocycles. The van der Waals surface area contributed by atoms with Gasteiger partial charge in [0.1, 0.15) is 17.3 Å². The molecule has 0 radical (unpaired) electrons. The summed E-state index contributed by atoms with van der Waals surface area (Å²) in [5.74, 6) is 1.64. The largest absolute Gasteiger partial charge is 0.369 e. The molecule has 6 heteroatoms. The number of benzene rings is 1. The minimum absolute atomic E-state index is 0.762. The summed E-state index contributed by atoms with van der Waals surface area (Å²) >= 11 is 1.70. The molecule has 0 saturated carbocycles. The van der Waals surface area contributed by atoms with Crippen molar-refractivity contribution in [2.45, 2.75) is 20.3 Å². The van der Waals surface area contributed by atoms with E-state index in [0.29, 0.717) is 0 Å². The van der Waals surface area contributed by atoms with Crippen molar-refractivity contribution in [3.8, 4) is 11.3 Å². The van der Waals surface area contributed by atoms with Gasteiger partial charge < -0.3 is 10.3 Å². The lowest BCUT2D eigenvalue weighted by atomic mass is 10.2.